The van der Waals surface area contributed by atoms with Crippen LogP contribution in [0.4, 0.5) is 11.4 Å². The number of aromatic nitrogens is 2. The Morgan fingerprint density at radius 2 is 1.78 bits per heavy atom. The van der Waals surface area contributed by atoms with E-state index < -0.39 is 17.7 Å². The van der Waals surface area contributed by atoms with E-state index in [0.29, 0.717) is 28.9 Å². The Morgan fingerprint density at radius 1 is 1.07 bits per heavy atom. The zero-order chi connectivity index (χ0) is 32.9. The molecule has 0 aliphatic carbocycles. The fourth-order valence-corrected chi connectivity index (χ4v) is 5.73. The average Bonchev–Trinajstić information content (AvgIpc) is 2.95. The maximum Gasteiger partial charge on any atom is 0.340 e. The maximum atomic E-state index is 13.6. The first-order valence-corrected chi connectivity index (χ1v) is 16.3. The first-order chi connectivity index (χ1) is 21.1. The van der Waals surface area contributed by atoms with Gasteiger partial charge in [-0.05, 0) is 90.1 Å². The molecular weight excluding hydrogens is 611 g/mol. The minimum absolute atomic E-state index is 0.241. The third-order valence-electron chi connectivity index (χ3n) is 7.64. The Hall–Kier alpha value is -3.07. The largest absolute Gasteiger partial charge is 0.490 e. The SMILES string of the molecule is Cc1ncc(-c2ccc(NCCOc3ccc(Cl)cc3Cl)cn2)c(N2CCC(C)(C)CC2)c1[C@H](OC(C)(C)C)C(=O)OC(C)C. The van der Waals surface area contributed by atoms with E-state index in [4.69, 9.17) is 47.4 Å². The second-order valence-corrected chi connectivity index (χ2v) is 14.4. The van der Waals surface area contributed by atoms with Crippen molar-refractivity contribution in [1.29, 1.82) is 0 Å². The van der Waals surface area contributed by atoms with Gasteiger partial charge in [-0.15, -0.1) is 0 Å². The van der Waals surface area contributed by atoms with Gasteiger partial charge in [-0.3, -0.25) is 9.97 Å². The van der Waals surface area contributed by atoms with Gasteiger partial charge < -0.3 is 24.4 Å². The van der Waals surface area contributed by atoms with Crippen LogP contribution in [0.2, 0.25) is 10.0 Å². The quantitative estimate of drug-likeness (QED) is 0.162. The lowest BCUT2D eigenvalue weighted by Gasteiger charge is -2.41. The van der Waals surface area contributed by atoms with E-state index in [0.717, 1.165) is 59.8 Å². The molecule has 1 aromatic carbocycles. The summed E-state index contributed by atoms with van der Waals surface area (Å²) >= 11 is 12.2. The molecule has 45 heavy (non-hydrogen) atoms. The maximum absolute atomic E-state index is 13.6. The van der Waals surface area contributed by atoms with Gasteiger partial charge in [0.05, 0.1) is 40.0 Å². The number of ether oxygens (including phenoxy) is 3. The van der Waals surface area contributed by atoms with Gasteiger partial charge in [-0.2, -0.15) is 0 Å². The molecule has 0 saturated carbocycles. The molecule has 3 heterocycles. The molecule has 1 N–H and O–H groups in total. The number of nitrogens with zero attached hydrogens (tertiary/aromatic N) is 3. The molecule has 0 spiro atoms. The molecule has 3 aromatic rings. The van der Waals surface area contributed by atoms with Crippen LogP contribution in [0.15, 0.2) is 42.7 Å². The number of halogens is 2. The molecule has 2 aromatic heterocycles. The van der Waals surface area contributed by atoms with Gasteiger partial charge in [0.1, 0.15) is 12.4 Å². The number of hydrogen-bond donors (Lipinski definition) is 1. The number of esters is 1. The lowest BCUT2D eigenvalue weighted by Crippen LogP contribution is -2.39. The van der Waals surface area contributed by atoms with Crippen LogP contribution in [-0.4, -0.2) is 53.9 Å². The minimum Gasteiger partial charge on any atom is -0.490 e. The predicted molar refractivity (Wildman–Crippen MR) is 183 cm³/mol. The summed E-state index contributed by atoms with van der Waals surface area (Å²) in [6, 6.07) is 9.11. The number of piperidine rings is 1. The van der Waals surface area contributed by atoms with Gasteiger partial charge >= 0.3 is 5.97 Å². The molecule has 1 saturated heterocycles. The van der Waals surface area contributed by atoms with Crippen LogP contribution in [0.5, 0.6) is 5.75 Å². The second kappa shape index (κ2) is 14.6. The Labute approximate surface area is 277 Å². The van der Waals surface area contributed by atoms with E-state index in [1.54, 1.807) is 24.4 Å². The lowest BCUT2D eigenvalue weighted by atomic mass is 9.82. The molecule has 0 amide bonds. The van der Waals surface area contributed by atoms with Gasteiger partial charge in [0, 0.05) is 47.7 Å². The monoisotopic (exact) mass is 656 g/mol. The van der Waals surface area contributed by atoms with Crippen LogP contribution in [0.3, 0.4) is 0 Å². The highest BCUT2D eigenvalue weighted by Gasteiger charge is 2.37. The predicted octanol–water partition coefficient (Wildman–Crippen LogP) is 8.68. The minimum atomic E-state index is -0.945. The summed E-state index contributed by atoms with van der Waals surface area (Å²) < 4.78 is 18.0. The number of rotatable bonds is 11. The van der Waals surface area contributed by atoms with Crippen LogP contribution < -0.4 is 15.0 Å². The molecule has 0 unspecified atom stereocenters. The van der Waals surface area contributed by atoms with E-state index in [2.05, 4.69) is 24.1 Å². The van der Waals surface area contributed by atoms with Crippen molar-refractivity contribution in [2.24, 2.45) is 5.41 Å². The lowest BCUT2D eigenvalue weighted by molar-refractivity contribution is -0.171. The zero-order valence-electron chi connectivity index (χ0n) is 27.7. The van der Waals surface area contributed by atoms with Crippen molar-refractivity contribution in [1.82, 2.24) is 9.97 Å². The number of pyridine rings is 2. The highest BCUT2D eigenvalue weighted by atomic mass is 35.5. The molecule has 10 heteroatoms. The summed E-state index contributed by atoms with van der Waals surface area (Å²) in [7, 11) is 0. The van der Waals surface area contributed by atoms with Crippen LogP contribution in [0, 0.1) is 12.3 Å². The number of nitrogens with one attached hydrogen (secondary N) is 1. The topological polar surface area (TPSA) is 85.8 Å². The summed E-state index contributed by atoms with van der Waals surface area (Å²) in [6.45, 7) is 18.7. The fourth-order valence-electron chi connectivity index (χ4n) is 5.27. The third-order valence-corrected chi connectivity index (χ3v) is 8.17. The highest BCUT2D eigenvalue weighted by molar-refractivity contribution is 6.35. The first-order valence-electron chi connectivity index (χ1n) is 15.5. The summed E-state index contributed by atoms with van der Waals surface area (Å²) in [4.78, 5) is 25.6. The van der Waals surface area contributed by atoms with Crippen molar-refractivity contribution in [2.45, 2.75) is 86.0 Å². The smallest absolute Gasteiger partial charge is 0.340 e. The summed E-state index contributed by atoms with van der Waals surface area (Å²) in [5.74, 6) is 0.161. The van der Waals surface area contributed by atoms with Gasteiger partial charge in [0.25, 0.3) is 0 Å². The van der Waals surface area contributed by atoms with E-state index in [1.165, 1.54) is 0 Å². The molecule has 0 bridgehead atoms. The Morgan fingerprint density at radius 3 is 2.38 bits per heavy atom. The molecule has 0 radical (unpaired) electrons. The number of carbonyl (C=O) groups excluding carboxylic acids is 1. The van der Waals surface area contributed by atoms with Crippen molar-refractivity contribution in [3.05, 3.63) is 64.0 Å². The molecular formula is C35H46Cl2N4O4. The highest BCUT2D eigenvalue weighted by Crippen LogP contribution is 2.43. The average molecular weight is 658 g/mol. The number of hydrogen-bond acceptors (Lipinski definition) is 8. The summed E-state index contributed by atoms with van der Waals surface area (Å²) in [5, 5.41) is 4.38. The van der Waals surface area contributed by atoms with E-state index in [1.807, 2.05) is 59.9 Å². The van der Waals surface area contributed by atoms with E-state index in [-0.39, 0.29) is 11.5 Å². The van der Waals surface area contributed by atoms with Crippen molar-refractivity contribution in [2.75, 3.05) is 36.5 Å². The molecule has 244 valence electrons. The molecule has 1 aliphatic rings. The van der Waals surface area contributed by atoms with Crippen LogP contribution in [0.25, 0.3) is 11.3 Å². The molecule has 1 aliphatic heterocycles. The number of aryl methyl sites for hydroxylation is 1. The number of carbonyl (C=O) groups is 1. The van der Waals surface area contributed by atoms with Crippen LogP contribution in [-0.2, 0) is 14.3 Å². The molecule has 4 rings (SSSR count). The van der Waals surface area contributed by atoms with E-state index in [9.17, 15) is 4.79 Å². The first kappa shape index (κ1) is 34.8. The van der Waals surface area contributed by atoms with E-state index >= 15 is 0 Å². The van der Waals surface area contributed by atoms with Gasteiger partial charge in [0.2, 0.25) is 0 Å². The Balaban J connectivity index is 1.65. The molecule has 8 nitrogen and oxygen atoms in total. The fraction of sp³-hybridized carbons (Fsp3) is 0.514. The molecule has 1 atom stereocenters. The number of benzene rings is 1. The van der Waals surface area contributed by atoms with Gasteiger partial charge in [-0.25, -0.2) is 4.79 Å². The zero-order valence-corrected chi connectivity index (χ0v) is 29.2. The Kier molecular flexibility index (Phi) is 11.3. The number of anilines is 2. The molecule has 1 fully saturated rings. The van der Waals surface area contributed by atoms with Crippen molar-refractivity contribution >= 4 is 40.5 Å². The summed E-state index contributed by atoms with van der Waals surface area (Å²) in [5.41, 5.74) is 4.48. The normalized spacial score (nSPS) is 15.6. The standard InChI is InChI=1S/C35H46Cl2N4O4/c1-22(2)44-33(42)32(45-34(4,5)6)30-23(3)39-21-26(31(30)41-16-13-35(7,8)14-17-41)28-11-10-25(20-40-28)38-15-18-43-29-12-9-24(36)19-27(29)37/h9-12,19-22,32,38H,13-18H2,1-8H3/t32-/m0/s1. The van der Waals surface area contributed by atoms with Gasteiger partial charge in [0.15, 0.2) is 6.10 Å². The van der Waals surface area contributed by atoms with Crippen molar-refractivity contribution in [3.63, 3.8) is 0 Å². The van der Waals surface area contributed by atoms with Crippen LogP contribution >= 0.6 is 23.2 Å². The van der Waals surface area contributed by atoms with Crippen molar-refractivity contribution < 1.29 is 19.0 Å². The summed E-state index contributed by atoms with van der Waals surface area (Å²) in [6.07, 6.45) is 4.47. The Bertz CT molecular complexity index is 1460. The van der Waals surface area contributed by atoms with Crippen LogP contribution in [0.1, 0.15) is 78.7 Å². The van der Waals surface area contributed by atoms with Crippen molar-refractivity contribution in [3.8, 4) is 17.0 Å². The second-order valence-electron chi connectivity index (χ2n) is 13.5. The third kappa shape index (κ3) is 9.47. The van der Waals surface area contributed by atoms with Gasteiger partial charge in [-0.1, -0.05) is 37.0 Å².